The van der Waals surface area contributed by atoms with Crippen molar-refractivity contribution in [2.24, 2.45) is 0 Å². The average Bonchev–Trinajstić information content (AvgIpc) is 3.09. The van der Waals surface area contributed by atoms with Gasteiger partial charge in [0.15, 0.2) is 28.8 Å². The van der Waals surface area contributed by atoms with Crippen molar-refractivity contribution < 1.29 is 23.7 Å². The van der Waals surface area contributed by atoms with Gasteiger partial charge in [-0.3, -0.25) is 4.79 Å². The minimum atomic E-state index is -0.413. The number of hydrogen-bond acceptors (Lipinski definition) is 7. The Hall–Kier alpha value is -4.13. The smallest absolute Gasteiger partial charge is 0.167 e. The number of nitrogens with one attached hydrogen (secondary N) is 2. The third-order valence-corrected chi connectivity index (χ3v) is 7.08. The number of anilines is 2. The first kappa shape index (κ1) is 25.5. The van der Waals surface area contributed by atoms with Crippen LogP contribution >= 0.6 is 0 Å². The summed E-state index contributed by atoms with van der Waals surface area (Å²) >= 11 is 0. The number of rotatable bonds is 7. The second-order valence-corrected chi connectivity index (χ2v) is 9.83. The number of allylic oxidation sites excluding steroid dienone is 1. The molecule has 0 aromatic heterocycles. The molecule has 0 spiro atoms. The maximum atomic E-state index is 14.0. The monoisotopic (exact) mass is 514 g/mol. The number of ketones is 1. The molecule has 7 nitrogen and oxygen atoms in total. The van der Waals surface area contributed by atoms with E-state index in [0.29, 0.717) is 35.8 Å². The number of carbonyl (C=O) groups is 1. The van der Waals surface area contributed by atoms with Gasteiger partial charge in [0, 0.05) is 23.3 Å². The maximum Gasteiger partial charge on any atom is 0.167 e. The Labute approximate surface area is 223 Å². The second-order valence-electron chi connectivity index (χ2n) is 9.83. The van der Waals surface area contributed by atoms with Crippen LogP contribution in [0.1, 0.15) is 49.8 Å². The molecule has 0 radical (unpaired) electrons. The summed E-state index contributed by atoms with van der Waals surface area (Å²) in [5, 5.41) is 7.24. The van der Waals surface area contributed by atoms with Crippen LogP contribution in [-0.4, -0.2) is 33.2 Å². The molecule has 0 saturated heterocycles. The summed E-state index contributed by atoms with van der Waals surface area (Å²) in [4.78, 5) is 14.0. The number of benzene rings is 3. The Bertz CT molecular complexity index is 1380. The Morgan fingerprint density at radius 2 is 1.55 bits per heavy atom. The fourth-order valence-electron chi connectivity index (χ4n) is 5.35. The molecule has 2 aliphatic rings. The summed E-state index contributed by atoms with van der Waals surface area (Å²) in [7, 11) is 4.88. The van der Waals surface area contributed by atoms with Gasteiger partial charge in [-0.1, -0.05) is 30.3 Å². The highest BCUT2D eigenvalue weighted by atomic mass is 16.5. The standard InChI is InChI=1S/C31H34N2O5/c1-18(2)38-31-21(9-8-12-27(31)36-4)30-29-24(32-22-10-6-7-11-23(22)33-30)15-20(16-25(29)34)19-13-14-26(35-3)28(17-19)37-5/h6-14,17-18,20,30,32-33H,15-16H2,1-5H3. The molecule has 2 unspecified atom stereocenters. The van der Waals surface area contributed by atoms with Crippen molar-refractivity contribution in [3.8, 4) is 23.0 Å². The van der Waals surface area contributed by atoms with Gasteiger partial charge in [-0.25, -0.2) is 0 Å². The second kappa shape index (κ2) is 10.7. The molecule has 38 heavy (non-hydrogen) atoms. The van der Waals surface area contributed by atoms with Crippen LogP contribution in [0.4, 0.5) is 11.4 Å². The Morgan fingerprint density at radius 1 is 0.816 bits per heavy atom. The molecule has 0 saturated carbocycles. The van der Waals surface area contributed by atoms with Crippen LogP contribution in [0, 0.1) is 0 Å². The number of methoxy groups -OCH3 is 3. The minimum Gasteiger partial charge on any atom is -0.493 e. The van der Waals surface area contributed by atoms with E-state index in [2.05, 4.69) is 10.6 Å². The molecule has 198 valence electrons. The number of fused-ring (bicyclic) bond motifs is 1. The highest BCUT2D eigenvalue weighted by Crippen LogP contribution is 2.48. The molecule has 3 aromatic carbocycles. The van der Waals surface area contributed by atoms with Gasteiger partial charge < -0.3 is 29.6 Å². The van der Waals surface area contributed by atoms with Crippen molar-refractivity contribution in [1.29, 1.82) is 0 Å². The largest absolute Gasteiger partial charge is 0.493 e. The summed E-state index contributed by atoms with van der Waals surface area (Å²) in [5.74, 6) is 2.68. The van der Waals surface area contributed by atoms with Gasteiger partial charge in [-0.05, 0) is 62.1 Å². The Balaban J connectivity index is 1.63. The molecule has 1 aliphatic carbocycles. The van der Waals surface area contributed by atoms with E-state index < -0.39 is 6.04 Å². The van der Waals surface area contributed by atoms with Crippen LogP contribution in [0.25, 0.3) is 0 Å². The lowest BCUT2D eigenvalue weighted by Crippen LogP contribution is -2.27. The lowest BCUT2D eigenvalue weighted by Gasteiger charge is -2.31. The summed E-state index contributed by atoms with van der Waals surface area (Å²) in [6.07, 6.45) is 0.994. The predicted octanol–water partition coefficient (Wildman–Crippen LogP) is 6.48. The SMILES string of the molecule is COc1ccc(C2CC(=O)C3=C(C2)Nc2ccccc2NC3c2cccc(OC)c2OC(C)C)cc1OC. The summed E-state index contributed by atoms with van der Waals surface area (Å²) in [6, 6.07) is 19.3. The molecule has 3 aromatic rings. The van der Waals surface area contributed by atoms with Crippen LogP contribution in [0.5, 0.6) is 23.0 Å². The van der Waals surface area contributed by atoms with Gasteiger partial charge in [0.05, 0.1) is 44.8 Å². The highest BCUT2D eigenvalue weighted by molar-refractivity contribution is 6.01. The van der Waals surface area contributed by atoms with E-state index in [0.717, 1.165) is 33.8 Å². The van der Waals surface area contributed by atoms with Crippen LogP contribution in [0.3, 0.4) is 0 Å². The zero-order valence-corrected chi connectivity index (χ0v) is 22.5. The van der Waals surface area contributed by atoms with E-state index in [1.807, 2.05) is 74.5 Å². The quantitative estimate of drug-likeness (QED) is 0.374. The first-order valence-electron chi connectivity index (χ1n) is 12.9. The molecule has 1 aliphatic heterocycles. The highest BCUT2D eigenvalue weighted by Gasteiger charge is 2.38. The number of para-hydroxylation sites is 3. The van der Waals surface area contributed by atoms with Crippen molar-refractivity contribution in [3.63, 3.8) is 0 Å². The first-order valence-corrected chi connectivity index (χ1v) is 12.9. The van der Waals surface area contributed by atoms with E-state index in [-0.39, 0.29) is 17.8 Å². The maximum absolute atomic E-state index is 14.0. The van der Waals surface area contributed by atoms with Crippen LogP contribution in [0.2, 0.25) is 0 Å². The van der Waals surface area contributed by atoms with E-state index in [9.17, 15) is 4.79 Å². The van der Waals surface area contributed by atoms with E-state index in [4.69, 9.17) is 18.9 Å². The molecular weight excluding hydrogens is 480 g/mol. The molecule has 1 heterocycles. The third-order valence-electron chi connectivity index (χ3n) is 7.08. The average molecular weight is 515 g/mol. The molecule has 2 atom stereocenters. The number of Topliss-reactive ketones (excluding diaryl/α,β-unsaturated/α-hetero) is 1. The topological polar surface area (TPSA) is 78.1 Å². The van der Waals surface area contributed by atoms with Crippen LogP contribution in [-0.2, 0) is 4.79 Å². The van der Waals surface area contributed by atoms with Gasteiger partial charge in [-0.15, -0.1) is 0 Å². The van der Waals surface area contributed by atoms with Crippen molar-refractivity contribution in [2.75, 3.05) is 32.0 Å². The van der Waals surface area contributed by atoms with E-state index >= 15 is 0 Å². The zero-order valence-electron chi connectivity index (χ0n) is 22.5. The Morgan fingerprint density at radius 3 is 2.26 bits per heavy atom. The summed E-state index contributed by atoms with van der Waals surface area (Å²) < 4.78 is 22.9. The van der Waals surface area contributed by atoms with Crippen molar-refractivity contribution in [1.82, 2.24) is 0 Å². The molecular formula is C31H34N2O5. The molecule has 0 amide bonds. The van der Waals surface area contributed by atoms with Gasteiger partial charge in [-0.2, -0.15) is 0 Å². The number of hydrogen-bond donors (Lipinski definition) is 2. The van der Waals surface area contributed by atoms with Crippen molar-refractivity contribution in [3.05, 3.63) is 83.1 Å². The summed E-state index contributed by atoms with van der Waals surface area (Å²) in [5.41, 5.74) is 5.37. The van der Waals surface area contributed by atoms with Crippen LogP contribution < -0.4 is 29.6 Å². The predicted molar refractivity (Wildman–Crippen MR) is 149 cm³/mol. The van der Waals surface area contributed by atoms with Gasteiger partial charge in [0.2, 0.25) is 0 Å². The van der Waals surface area contributed by atoms with E-state index in [1.54, 1.807) is 21.3 Å². The van der Waals surface area contributed by atoms with Crippen LogP contribution in [0.15, 0.2) is 71.9 Å². The fourth-order valence-corrected chi connectivity index (χ4v) is 5.35. The van der Waals surface area contributed by atoms with Crippen molar-refractivity contribution >= 4 is 17.2 Å². The van der Waals surface area contributed by atoms with Crippen molar-refractivity contribution in [2.45, 2.75) is 44.8 Å². The van der Waals surface area contributed by atoms with Gasteiger partial charge in [0.1, 0.15) is 0 Å². The fraction of sp³-hybridized carbons (Fsp3) is 0.323. The molecule has 7 heteroatoms. The summed E-state index contributed by atoms with van der Waals surface area (Å²) in [6.45, 7) is 3.97. The zero-order chi connectivity index (χ0) is 26.8. The molecule has 5 rings (SSSR count). The van der Waals surface area contributed by atoms with Gasteiger partial charge >= 0.3 is 0 Å². The number of ether oxygens (including phenoxy) is 4. The lowest BCUT2D eigenvalue weighted by molar-refractivity contribution is -0.116. The third kappa shape index (κ3) is 4.76. The molecule has 0 fully saturated rings. The van der Waals surface area contributed by atoms with E-state index in [1.165, 1.54) is 0 Å². The Kier molecular flexibility index (Phi) is 7.18. The lowest BCUT2D eigenvalue weighted by atomic mass is 9.78. The normalized spacial score (nSPS) is 18.5. The first-order chi connectivity index (χ1) is 18.4. The minimum absolute atomic E-state index is 0.00355. The molecule has 0 bridgehead atoms. The number of carbonyl (C=O) groups excluding carboxylic acids is 1. The molecule has 2 N–H and O–H groups in total. The van der Waals surface area contributed by atoms with Gasteiger partial charge in [0.25, 0.3) is 0 Å².